The Balaban J connectivity index is 4.71. The van der Waals surface area contributed by atoms with Gasteiger partial charge >= 0.3 is 5.97 Å². The van der Waals surface area contributed by atoms with E-state index < -0.39 is 12.1 Å². The van der Waals surface area contributed by atoms with Crippen molar-refractivity contribution in [2.75, 3.05) is 19.8 Å². The number of carbonyl (C=O) groups is 1. The van der Waals surface area contributed by atoms with E-state index in [1.54, 1.807) is 6.92 Å². The van der Waals surface area contributed by atoms with Crippen LogP contribution in [0.1, 0.15) is 40.0 Å². The number of halogens is 1. The fourth-order valence-corrected chi connectivity index (χ4v) is 2.03. The van der Waals surface area contributed by atoms with Crippen molar-refractivity contribution >= 4 is 5.97 Å². The van der Waals surface area contributed by atoms with E-state index in [2.05, 4.69) is 0 Å². The molecule has 0 saturated carbocycles. The predicted molar refractivity (Wildman–Crippen MR) is 62.8 cm³/mol. The summed E-state index contributed by atoms with van der Waals surface area (Å²) in [6.07, 6.45) is 1.49. The van der Waals surface area contributed by atoms with E-state index in [1.807, 2.05) is 13.8 Å². The van der Waals surface area contributed by atoms with Crippen molar-refractivity contribution in [3.05, 3.63) is 0 Å². The van der Waals surface area contributed by atoms with Crippen LogP contribution in [0.4, 0.5) is 4.39 Å². The molecule has 0 aromatic rings. The molecule has 0 aliphatic heterocycles. The summed E-state index contributed by atoms with van der Waals surface area (Å²) in [5.74, 6) is 0.0622. The van der Waals surface area contributed by atoms with E-state index in [0.717, 1.165) is 0 Å². The van der Waals surface area contributed by atoms with E-state index >= 15 is 0 Å². The van der Waals surface area contributed by atoms with Crippen molar-refractivity contribution in [2.45, 2.75) is 40.0 Å². The molecule has 16 heavy (non-hydrogen) atoms. The molecule has 0 amide bonds. The first-order valence-corrected chi connectivity index (χ1v) is 5.95. The van der Waals surface area contributed by atoms with E-state index in [9.17, 15) is 9.18 Å². The summed E-state index contributed by atoms with van der Waals surface area (Å²) in [5, 5.41) is 0. The number of alkyl halides is 1. The Hall–Kier alpha value is -0.640. The van der Waals surface area contributed by atoms with Crippen LogP contribution in [0.3, 0.4) is 0 Å². The van der Waals surface area contributed by atoms with Gasteiger partial charge in [0, 0.05) is 6.54 Å². The van der Waals surface area contributed by atoms with Gasteiger partial charge in [-0.15, -0.1) is 0 Å². The molecule has 0 bridgehead atoms. The van der Waals surface area contributed by atoms with Crippen molar-refractivity contribution in [1.29, 1.82) is 0 Å². The third-order valence-corrected chi connectivity index (χ3v) is 2.69. The lowest BCUT2D eigenvalue weighted by Gasteiger charge is -2.31. The van der Waals surface area contributed by atoms with Gasteiger partial charge in [-0.2, -0.15) is 0 Å². The molecule has 0 rings (SSSR count). The van der Waals surface area contributed by atoms with Crippen molar-refractivity contribution < 1.29 is 13.9 Å². The highest BCUT2D eigenvalue weighted by Gasteiger charge is 2.38. The summed E-state index contributed by atoms with van der Waals surface area (Å²) in [7, 11) is 0. The van der Waals surface area contributed by atoms with Gasteiger partial charge in [0.2, 0.25) is 0 Å². The summed E-state index contributed by atoms with van der Waals surface area (Å²) in [5.41, 5.74) is 5.01. The van der Waals surface area contributed by atoms with E-state index in [0.29, 0.717) is 31.8 Å². The van der Waals surface area contributed by atoms with Gasteiger partial charge in [0.1, 0.15) is 0 Å². The predicted octanol–water partition coefficient (Wildman–Crippen LogP) is 2.29. The molecule has 0 saturated heterocycles. The zero-order valence-electron chi connectivity index (χ0n) is 10.6. The molecule has 0 aliphatic rings. The number of ether oxygens (including phenoxy) is 1. The largest absolute Gasteiger partial charge is 0.466 e. The second kappa shape index (κ2) is 7.60. The van der Waals surface area contributed by atoms with Crippen LogP contribution in [0, 0.1) is 11.3 Å². The molecule has 1 unspecified atom stereocenters. The molecule has 0 spiro atoms. The highest BCUT2D eigenvalue weighted by Crippen LogP contribution is 2.32. The van der Waals surface area contributed by atoms with Crippen molar-refractivity contribution in [2.24, 2.45) is 17.1 Å². The van der Waals surface area contributed by atoms with E-state index in [1.165, 1.54) is 0 Å². The summed E-state index contributed by atoms with van der Waals surface area (Å²) in [4.78, 5) is 11.9. The van der Waals surface area contributed by atoms with Gasteiger partial charge in [-0.1, -0.05) is 13.8 Å². The van der Waals surface area contributed by atoms with Crippen LogP contribution in [0.25, 0.3) is 0 Å². The molecule has 0 aliphatic carbocycles. The van der Waals surface area contributed by atoms with Crippen molar-refractivity contribution in [1.82, 2.24) is 0 Å². The Morgan fingerprint density at radius 3 is 2.50 bits per heavy atom. The SMILES string of the molecule is CCOC(=O)C(CN)(CCCF)CC(C)C. The Morgan fingerprint density at radius 1 is 1.50 bits per heavy atom. The van der Waals surface area contributed by atoms with Crippen LogP contribution in [0.2, 0.25) is 0 Å². The third-order valence-electron chi connectivity index (χ3n) is 2.69. The summed E-state index contributed by atoms with van der Waals surface area (Å²) >= 11 is 0. The monoisotopic (exact) mass is 233 g/mol. The zero-order chi connectivity index (χ0) is 12.6. The molecule has 0 aromatic carbocycles. The molecular formula is C12H24FNO2. The van der Waals surface area contributed by atoms with E-state index in [-0.39, 0.29) is 12.5 Å². The number of hydrogen-bond acceptors (Lipinski definition) is 3. The minimum Gasteiger partial charge on any atom is -0.466 e. The van der Waals surface area contributed by atoms with Crippen LogP contribution < -0.4 is 5.73 Å². The van der Waals surface area contributed by atoms with Gasteiger partial charge in [0.15, 0.2) is 0 Å². The molecule has 0 fully saturated rings. The number of nitrogens with two attached hydrogens (primary N) is 1. The fraction of sp³-hybridized carbons (Fsp3) is 0.917. The Kier molecular flexibility index (Phi) is 7.30. The smallest absolute Gasteiger partial charge is 0.313 e. The normalized spacial score (nSPS) is 14.9. The average molecular weight is 233 g/mol. The van der Waals surface area contributed by atoms with Crippen molar-refractivity contribution in [3.8, 4) is 0 Å². The molecular weight excluding hydrogens is 209 g/mol. The molecule has 96 valence electrons. The fourth-order valence-electron chi connectivity index (χ4n) is 2.03. The lowest BCUT2D eigenvalue weighted by atomic mass is 9.76. The van der Waals surface area contributed by atoms with E-state index in [4.69, 9.17) is 10.5 Å². The second-order valence-corrected chi connectivity index (χ2v) is 4.60. The Morgan fingerprint density at radius 2 is 2.12 bits per heavy atom. The lowest BCUT2D eigenvalue weighted by Crippen LogP contribution is -2.41. The molecule has 2 N–H and O–H groups in total. The number of hydrogen-bond donors (Lipinski definition) is 1. The lowest BCUT2D eigenvalue weighted by molar-refractivity contribution is -0.156. The van der Waals surface area contributed by atoms with Gasteiger partial charge in [-0.05, 0) is 32.1 Å². The maximum absolute atomic E-state index is 12.3. The standard InChI is InChI=1S/C12H24FNO2/c1-4-16-11(15)12(9-14,6-5-7-13)8-10(2)3/h10H,4-9,14H2,1-3H3. The average Bonchev–Trinajstić information content (AvgIpc) is 2.24. The highest BCUT2D eigenvalue weighted by atomic mass is 19.1. The minimum absolute atomic E-state index is 0.226. The first kappa shape index (κ1) is 15.4. The summed E-state index contributed by atoms with van der Waals surface area (Å²) in [6.45, 7) is 5.97. The molecule has 1 atom stereocenters. The Bertz CT molecular complexity index is 209. The van der Waals surface area contributed by atoms with Crippen molar-refractivity contribution in [3.63, 3.8) is 0 Å². The van der Waals surface area contributed by atoms with Gasteiger partial charge in [0.05, 0.1) is 18.7 Å². The van der Waals surface area contributed by atoms with Crippen LogP contribution in [-0.2, 0) is 9.53 Å². The highest BCUT2D eigenvalue weighted by molar-refractivity contribution is 5.77. The maximum atomic E-state index is 12.3. The van der Waals surface area contributed by atoms with Gasteiger partial charge in [-0.3, -0.25) is 9.18 Å². The molecule has 3 nitrogen and oxygen atoms in total. The quantitative estimate of drug-likeness (QED) is 0.654. The topological polar surface area (TPSA) is 52.3 Å². The number of carbonyl (C=O) groups excluding carboxylic acids is 1. The van der Waals surface area contributed by atoms with Crippen LogP contribution >= 0.6 is 0 Å². The molecule has 0 heterocycles. The summed E-state index contributed by atoms with van der Waals surface area (Å²) in [6, 6.07) is 0. The Labute approximate surface area is 97.5 Å². The first-order chi connectivity index (χ1) is 7.52. The second-order valence-electron chi connectivity index (χ2n) is 4.60. The third kappa shape index (κ3) is 4.47. The first-order valence-electron chi connectivity index (χ1n) is 5.95. The van der Waals surface area contributed by atoms with Crippen LogP contribution in [0.15, 0.2) is 0 Å². The number of rotatable bonds is 8. The summed E-state index contributed by atoms with van der Waals surface area (Å²) < 4.78 is 17.3. The van der Waals surface area contributed by atoms with Crippen LogP contribution in [-0.4, -0.2) is 25.8 Å². The molecule has 0 radical (unpaired) electrons. The minimum atomic E-state index is -0.698. The zero-order valence-corrected chi connectivity index (χ0v) is 10.6. The maximum Gasteiger partial charge on any atom is 0.313 e. The molecule has 4 heteroatoms. The van der Waals surface area contributed by atoms with Crippen LogP contribution in [0.5, 0.6) is 0 Å². The van der Waals surface area contributed by atoms with Gasteiger partial charge in [0.25, 0.3) is 0 Å². The number of esters is 1. The van der Waals surface area contributed by atoms with Gasteiger partial charge < -0.3 is 10.5 Å². The van der Waals surface area contributed by atoms with Gasteiger partial charge in [-0.25, -0.2) is 0 Å². The molecule has 0 aromatic heterocycles.